The minimum Gasteiger partial charge on any atom is -0.465 e. The normalized spacial score (nSPS) is 17.4. The molecule has 1 fully saturated rings. The number of benzene rings is 1. The Morgan fingerprint density at radius 1 is 1.39 bits per heavy atom. The highest BCUT2D eigenvalue weighted by Gasteiger charge is 2.19. The van der Waals surface area contributed by atoms with Crippen molar-refractivity contribution in [2.75, 3.05) is 20.3 Å². The molecule has 1 aliphatic heterocycles. The zero-order valence-electron chi connectivity index (χ0n) is 13.7. The summed E-state index contributed by atoms with van der Waals surface area (Å²) in [6, 6.07) is 3.77. The molecule has 0 radical (unpaired) electrons. The molecule has 2 heterocycles. The Morgan fingerprint density at radius 2 is 2.22 bits per heavy atom. The molecule has 1 saturated heterocycles. The van der Waals surface area contributed by atoms with Gasteiger partial charge in [0, 0.05) is 25.2 Å². The number of H-pyrrole nitrogens is 1. The number of nitrogens with one attached hydrogen (secondary N) is 1. The summed E-state index contributed by atoms with van der Waals surface area (Å²) in [5.74, 6) is 1.62. The third-order valence-corrected chi connectivity index (χ3v) is 4.26. The number of hydrogen-bond acceptors (Lipinski definition) is 5. The lowest BCUT2D eigenvalue weighted by atomic mass is 9.99. The van der Waals surface area contributed by atoms with Crippen molar-refractivity contribution in [2.45, 2.75) is 26.7 Å². The number of carbonyl (C=O) groups is 1. The van der Waals surface area contributed by atoms with Crippen LogP contribution in [0.1, 0.15) is 33.7 Å². The van der Waals surface area contributed by atoms with Crippen LogP contribution in [-0.2, 0) is 15.9 Å². The monoisotopic (exact) mass is 315 g/mol. The number of nitrogens with zero attached hydrogens (tertiary/aromatic N) is 2. The summed E-state index contributed by atoms with van der Waals surface area (Å²) < 4.78 is 10.2. The van der Waals surface area contributed by atoms with Gasteiger partial charge >= 0.3 is 5.97 Å². The lowest BCUT2D eigenvalue weighted by Gasteiger charge is -2.08. The molecule has 1 aromatic heterocycles. The summed E-state index contributed by atoms with van der Waals surface area (Å²) in [5.41, 5.74) is 3.31. The summed E-state index contributed by atoms with van der Waals surface area (Å²) in [6.45, 7) is 5.49. The van der Waals surface area contributed by atoms with E-state index in [1.807, 2.05) is 26.0 Å². The molecule has 6 heteroatoms. The van der Waals surface area contributed by atoms with E-state index in [-0.39, 0.29) is 5.97 Å². The molecule has 0 amide bonds. The van der Waals surface area contributed by atoms with E-state index in [2.05, 4.69) is 15.2 Å². The number of hydrogen-bond donors (Lipinski definition) is 1. The van der Waals surface area contributed by atoms with Crippen molar-refractivity contribution in [3.8, 4) is 11.4 Å². The summed E-state index contributed by atoms with van der Waals surface area (Å²) in [7, 11) is 1.38. The number of carbonyl (C=O) groups excluding carboxylic acids is 1. The third kappa shape index (κ3) is 3.27. The molecular weight excluding hydrogens is 294 g/mol. The Balaban J connectivity index is 1.89. The van der Waals surface area contributed by atoms with E-state index in [4.69, 9.17) is 9.47 Å². The van der Waals surface area contributed by atoms with Crippen molar-refractivity contribution in [3.63, 3.8) is 0 Å². The molecule has 3 rings (SSSR count). The highest BCUT2D eigenvalue weighted by molar-refractivity contribution is 5.92. The standard InChI is InChI=1S/C17H21N3O3/c1-10-6-11(2)14(17(21)22-3)8-13(10)16-18-15(19-20-16)7-12-4-5-23-9-12/h6,8,12H,4-5,7,9H2,1-3H3,(H,18,19,20). The minimum absolute atomic E-state index is 0.345. The van der Waals surface area contributed by atoms with Crippen LogP contribution in [0.15, 0.2) is 12.1 Å². The fourth-order valence-corrected chi connectivity index (χ4v) is 2.95. The van der Waals surface area contributed by atoms with Gasteiger partial charge in [0.25, 0.3) is 0 Å². The van der Waals surface area contributed by atoms with Crippen molar-refractivity contribution in [1.82, 2.24) is 15.2 Å². The summed E-state index contributed by atoms with van der Waals surface area (Å²) >= 11 is 0. The average molecular weight is 315 g/mol. The van der Waals surface area contributed by atoms with Crippen molar-refractivity contribution < 1.29 is 14.3 Å². The van der Waals surface area contributed by atoms with Crippen molar-refractivity contribution in [2.24, 2.45) is 5.92 Å². The van der Waals surface area contributed by atoms with Gasteiger partial charge in [0.05, 0.1) is 12.7 Å². The quantitative estimate of drug-likeness (QED) is 0.877. The van der Waals surface area contributed by atoms with Gasteiger partial charge in [-0.05, 0) is 43.4 Å². The van der Waals surface area contributed by atoms with Crippen LogP contribution in [-0.4, -0.2) is 41.5 Å². The van der Waals surface area contributed by atoms with Gasteiger partial charge in [-0.3, -0.25) is 5.10 Å². The first-order chi connectivity index (χ1) is 11.1. The summed E-state index contributed by atoms with van der Waals surface area (Å²) in [4.78, 5) is 16.5. The smallest absolute Gasteiger partial charge is 0.338 e. The molecule has 1 unspecified atom stereocenters. The van der Waals surface area contributed by atoms with E-state index in [0.29, 0.717) is 17.3 Å². The second-order valence-corrected chi connectivity index (χ2v) is 6.01. The first-order valence-electron chi connectivity index (χ1n) is 7.77. The van der Waals surface area contributed by atoms with Crippen LogP contribution in [0.5, 0.6) is 0 Å². The first-order valence-corrected chi connectivity index (χ1v) is 7.77. The molecule has 122 valence electrons. The third-order valence-electron chi connectivity index (χ3n) is 4.26. The predicted molar refractivity (Wildman–Crippen MR) is 85.3 cm³/mol. The molecule has 1 atom stereocenters. The fourth-order valence-electron chi connectivity index (χ4n) is 2.95. The summed E-state index contributed by atoms with van der Waals surface area (Å²) in [5, 5.41) is 7.32. The van der Waals surface area contributed by atoms with Crippen LogP contribution in [0.3, 0.4) is 0 Å². The molecule has 1 aliphatic rings. The Morgan fingerprint density at radius 3 is 2.91 bits per heavy atom. The molecule has 23 heavy (non-hydrogen) atoms. The van der Waals surface area contributed by atoms with E-state index >= 15 is 0 Å². The van der Waals surface area contributed by atoms with Gasteiger partial charge < -0.3 is 9.47 Å². The molecule has 0 bridgehead atoms. The van der Waals surface area contributed by atoms with Crippen LogP contribution >= 0.6 is 0 Å². The van der Waals surface area contributed by atoms with Crippen LogP contribution in [0.25, 0.3) is 11.4 Å². The first kappa shape index (κ1) is 15.7. The molecular formula is C17H21N3O3. The number of aromatic nitrogens is 3. The Hall–Kier alpha value is -2.21. The van der Waals surface area contributed by atoms with Gasteiger partial charge in [0.2, 0.25) is 0 Å². The summed E-state index contributed by atoms with van der Waals surface area (Å²) in [6.07, 6.45) is 1.90. The van der Waals surface area contributed by atoms with Crippen molar-refractivity contribution >= 4 is 5.97 Å². The van der Waals surface area contributed by atoms with E-state index in [1.165, 1.54) is 7.11 Å². The van der Waals surface area contributed by atoms with Gasteiger partial charge in [-0.15, -0.1) is 0 Å². The molecule has 1 aromatic carbocycles. The van der Waals surface area contributed by atoms with Gasteiger partial charge in [-0.1, -0.05) is 6.07 Å². The molecule has 6 nitrogen and oxygen atoms in total. The van der Waals surface area contributed by atoms with Crippen LogP contribution in [0, 0.1) is 19.8 Å². The number of methoxy groups -OCH3 is 1. The van der Waals surface area contributed by atoms with Gasteiger partial charge in [0.15, 0.2) is 5.82 Å². The lowest BCUT2D eigenvalue weighted by molar-refractivity contribution is 0.0600. The van der Waals surface area contributed by atoms with Crippen molar-refractivity contribution in [1.29, 1.82) is 0 Å². The van der Waals surface area contributed by atoms with Crippen LogP contribution < -0.4 is 0 Å². The van der Waals surface area contributed by atoms with E-state index < -0.39 is 0 Å². The maximum absolute atomic E-state index is 11.9. The Labute approximate surface area is 135 Å². The largest absolute Gasteiger partial charge is 0.465 e. The Bertz CT molecular complexity index is 718. The number of ether oxygens (including phenoxy) is 2. The number of aryl methyl sites for hydroxylation is 2. The maximum atomic E-state index is 11.9. The van der Waals surface area contributed by atoms with Crippen LogP contribution in [0.4, 0.5) is 0 Å². The van der Waals surface area contributed by atoms with Gasteiger partial charge in [-0.25, -0.2) is 9.78 Å². The van der Waals surface area contributed by atoms with Crippen molar-refractivity contribution in [3.05, 3.63) is 34.6 Å². The van der Waals surface area contributed by atoms with E-state index in [9.17, 15) is 4.79 Å². The predicted octanol–water partition coefficient (Wildman–Crippen LogP) is 2.45. The average Bonchev–Trinajstić information content (AvgIpc) is 3.19. The zero-order valence-corrected chi connectivity index (χ0v) is 13.7. The van der Waals surface area contributed by atoms with Crippen LogP contribution in [0.2, 0.25) is 0 Å². The highest BCUT2D eigenvalue weighted by atomic mass is 16.5. The lowest BCUT2D eigenvalue weighted by Crippen LogP contribution is -2.05. The van der Waals surface area contributed by atoms with E-state index in [1.54, 1.807) is 0 Å². The number of rotatable bonds is 4. The molecule has 1 N–H and O–H groups in total. The van der Waals surface area contributed by atoms with E-state index in [0.717, 1.165) is 48.6 Å². The zero-order chi connectivity index (χ0) is 16.4. The number of aromatic amines is 1. The minimum atomic E-state index is -0.345. The highest BCUT2D eigenvalue weighted by Crippen LogP contribution is 2.25. The second kappa shape index (κ2) is 6.50. The topological polar surface area (TPSA) is 77.1 Å². The van der Waals surface area contributed by atoms with Gasteiger partial charge in [0.1, 0.15) is 5.82 Å². The molecule has 0 spiro atoms. The molecule has 0 aliphatic carbocycles. The maximum Gasteiger partial charge on any atom is 0.338 e. The van der Waals surface area contributed by atoms with Gasteiger partial charge in [-0.2, -0.15) is 5.10 Å². The number of esters is 1. The molecule has 0 saturated carbocycles. The molecule has 2 aromatic rings. The Kier molecular flexibility index (Phi) is 4.43. The fraction of sp³-hybridized carbons (Fsp3) is 0.471. The SMILES string of the molecule is COC(=O)c1cc(-c2n[nH]c(CC3CCOC3)n2)c(C)cc1C. The second-order valence-electron chi connectivity index (χ2n) is 6.01.